The number of pyridine rings is 1. The lowest BCUT2D eigenvalue weighted by Crippen LogP contribution is -2.37. The van der Waals surface area contributed by atoms with Crippen molar-refractivity contribution in [2.45, 2.75) is 31.3 Å². The number of halogens is 3. The van der Waals surface area contributed by atoms with E-state index in [4.69, 9.17) is 0 Å². The van der Waals surface area contributed by atoms with Gasteiger partial charge in [0.05, 0.1) is 11.3 Å². The molecule has 0 saturated carbocycles. The Hall–Kier alpha value is -2.13. The predicted molar refractivity (Wildman–Crippen MR) is 96.8 cm³/mol. The summed E-state index contributed by atoms with van der Waals surface area (Å²) in [6, 6.07) is 9.29. The average Bonchev–Trinajstić information content (AvgIpc) is 3.01. The summed E-state index contributed by atoms with van der Waals surface area (Å²) in [4.78, 5) is 5.64. The fraction of sp³-hybridized carbons (Fsp3) is 0.389. The van der Waals surface area contributed by atoms with Crippen LogP contribution in [0.3, 0.4) is 0 Å². The molecule has 1 aromatic carbocycles. The van der Waals surface area contributed by atoms with Gasteiger partial charge >= 0.3 is 6.18 Å². The quantitative estimate of drug-likeness (QED) is 0.839. The lowest BCUT2D eigenvalue weighted by Gasteiger charge is -2.18. The van der Waals surface area contributed by atoms with Gasteiger partial charge in [-0.1, -0.05) is 29.8 Å². The molecule has 1 aromatic heterocycles. The van der Waals surface area contributed by atoms with Crippen LogP contribution in [-0.2, 0) is 22.0 Å². The molecule has 0 spiro atoms. The Morgan fingerprint density at radius 3 is 2.67 bits per heavy atom. The number of benzene rings is 1. The fourth-order valence-corrected chi connectivity index (χ4v) is 4.52. The van der Waals surface area contributed by atoms with Crippen LogP contribution in [0.15, 0.2) is 42.6 Å². The van der Waals surface area contributed by atoms with Gasteiger partial charge in [0.1, 0.15) is 5.82 Å². The van der Waals surface area contributed by atoms with E-state index in [0.29, 0.717) is 30.9 Å². The van der Waals surface area contributed by atoms with E-state index in [1.165, 1.54) is 6.07 Å². The van der Waals surface area contributed by atoms with E-state index in [0.717, 1.165) is 17.8 Å². The first-order valence-electron chi connectivity index (χ1n) is 8.46. The number of sulfonamides is 1. The van der Waals surface area contributed by atoms with Crippen LogP contribution in [0.25, 0.3) is 0 Å². The van der Waals surface area contributed by atoms with E-state index in [1.807, 2.05) is 25.1 Å². The molecule has 1 fully saturated rings. The third-order valence-electron chi connectivity index (χ3n) is 4.37. The molecule has 0 bridgehead atoms. The van der Waals surface area contributed by atoms with Crippen molar-refractivity contribution in [1.29, 1.82) is 0 Å². The van der Waals surface area contributed by atoms with Crippen molar-refractivity contribution >= 4 is 15.8 Å². The predicted octanol–water partition coefficient (Wildman–Crippen LogP) is 3.11. The van der Waals surface area contributed by atoms with Gasteiger partial charge in [-0.3, -0.25) is 0 Å². The van der Waals surface area contributed by atoms with Gasteiger partial charge in [-0.2, -0.15) is 13.2 Å². The Morgan fingerprint density at radius 1 is 1.26 bits per heavy atom. The lowest BCUT2D eigenvalue weighted by atomic mass is 10.2. The highest BCUT2D eigenvalue weighted by Crippen LogP contribution is 2.30. The van der Waals surface area contributed by atoms with Crippen molar-refractivity contribution in [1.82, 2.24) is 9.71 Å². The summed E-state index contributed by atoms with van der Waals surface area (Å²) in [6.45, 7) is 2.79. The second-order valence-electron chi connectivity index (χ2n) is 6.70. The average molecular weight is 399 g/mol. The van der Waals surface area contributed by atoms with Gasteiger partial charge in [-0.05, 0) is 31.0 Å². The molecule has 0 radical (unpaired) electrons. The monoisotopic (exact) mass is 399 g/mol. The molecule has 1 N–H and O–H groups in total. The maximum absolute atomic E-state index is 12.6. The van der Waals surface area contributed by atoms with Crippen LogP contribution >= 0.6 is 0 Å². The van der Waals surface area contributed by atoms with Gasteiger partial charge in [-0.25, -0.2) is 18.1 Å². The van der Waals surface area contributed by atoms with Crippen molar-refractivity contribution in [2.75, 3.05) is 18.0 Å². The smallest absolute Gasteiger partial charge is 0.355 e. The van der Waals surface area contributed by atoms with E-state index >= 15 is 0 Å². The molecule has 2 aromatic rings. The maximum Gasteiger partial charge on any atom is 0.417 e. The zero-order valence-corrected chi connectivity index (χ0v) is 15.5. The van der Waals surface area contributed by atoms with Gasteiger partial charge in [-0.15, -0.1) is 0 Å². The van der Waals surface area contributed by atoms with E-state index in [9.17, 15) is 21.6 Å². The summed E-state index contributed by atoms with van der Waals surface area (Å²) >= 11 is 0. The molecule has 1 atom stereocenters. The molecule has 1 aliphatic heterocycles. The van der Waals surface area contributed by atoms with Crippen molar-refractivity contribution in [3.8, 4) is 0 Å². The molecular weight excluding hydrogens is 379 g/mol. The number of hydrogen-bond acceptors (Lipinski definition) is 4. The molecule has 0 amide bonds. The van der Waals surface area contributed by atoms with E-state index in [-0.39, 0.29) is 11.8 Å². The van der Waals surface area contributed by atoms with Crippen molar-refractivity contribution < 1.29 is 21.6 Å². The molecule has 1 saturated heterocycles. The fourth-order valence-electron chi connectivity index (χ4n) is 3.12. The largest absolute Gasteiger partial charge is 0.417 e. The number of anilines is 1. The maximum atomic E-state index is 12.6. The van der Waals surface area contributed by atoms with Gasteiger partial charge < -0.3 is 4.90 Å². The van der Waals surface area contributed by atoms with Gasteiger partial charge in [0.2, 0.25) is 10.0 Å². The van der Waals surface area contributed by atoms with Crippen LogP contribution < -0.4 is 9.62 Å². The number of nitrogens with one attached hydrogen (secondary N) is 1. The molecule has 1 aliphatic rings. The van der Waals surface area contributed by atoms with E-state index in [2.05, 4.69) is 9.71 Å². The summed E-state index contributed by atoms with van der Waals surface area (Å²) in [6.07, 6.45) is -3.06. The minimum absolute atomic E-state index is 0.107. The molecular formula is C18H20F3N3O2S. The molecule has 2 heterocycles. The van der Waals surface area contributed by atoms with Crippen LogP contribution in [0.4, 0.5) is 19.0 Å². The molecule has 0 unspecified atom stereocenters. The zero-order valence-electron chi connectivity index (χ0n) is 14.7. The normalized spacial score (nSPS) is 18.1. The molecule has 27 heavy (non-hydrogen) atoms. The van der Waals surface area contributed by atoms with Gasteiger partial charge in [0.25, 0.3) is 0 Å². The topological polar surface area (TPSA) is 62.3 Å². The van der Waals surface area contributed by atoms with Crippen molar-refractivity contribution in [2.24, 2.45) is 0 Å². The van der Waals surface area contributed by atoms with Crippen LogP contribution in [0, 0.1) is 6.92 Å². The highest BCUT2D eigenvalue weighted by Gasteiger charge is 2.32. The summed E-state index contributed by atoms with van der Waals surface area (Å²) in [5.74, 6) is 0.298. The first-order valence-corrected chi connectivity index (χ1v) is 10.1. The van der Waals surface area contributed by atoms with Crippen LogP contribution in [0.5, 0.6) is 0 Å². The van der Waals surface area contributed by atoms with Gasteiger partial charge in [0, 0.05) is 25.3 Å². The molecule has 146 valence electrons. The molecule has 3 rings (SSSR count). The van der Waals surface area contributed by atoms with E-state index < -0.39 is 21.8 Å². The number of rotatable bonds is 5. The minimum Gasteiger partial charge on any atom is -0.355 e. The van der Waals surface area contributed by atoms with Gasteiger partial charge in [0.15, 0.2) is 0 Å². The Kier molecular flexibility index (Phi) is 5.43. The highest BCUT2D eigenvalue weighted by molar-refractivity contribution is 7.88. The van der Waals surface area contributed by atoms with Crippen LogP contribution in [-0.4, -0.2) is 32.5 Å². The summed E-state index contributed by atoms with van der Waals surface area (Å²) < 4.78 is 65.3. The van der Waals surface area contributed by atoms with Crippen LogP contribution in [0.2, 0.25) is 0 Å². The summed E-state index contributed by atoms with van der Waals surface area (Å²) in [5, 5.41) is 0. The molecule has 9 heteroatoms. The Labute approximate surface area is 156 Å². The third kappa shape index (κ3) is 5.20. The number of aryl methyl sites for hydroxylation is 1. The molecule has 5 nitrogen and oxygen atoms in total. The number of nitrogens with zero attached hydrogens (tertiary/aromatic N) is 2. The van der Waals surface area contributed by atoms with Crippen LogP contribution in [0.1, 0.15) is 23.1 Å². The Balaban J connectivity index is 1.60. The first kappa shape index (κ1) is 19.6. The number of alkyl halides is 3. The standard InChI is InChI=1S/C18H20F3N3O2S/c1-13-3-2-4-14(9-13)12-27(25,26)23-16-7-8-24(11-16)17-6-5-15(10-22-17)18(19,20)21/h2-6,9-10,16,23H,7-8,11-12H2,1H3/t16-/m1/s1. The van der Waals surface area contributed by atoms with E-state index in [1.54, 1.807) is 11.0 Å². The summed E-state index contributed by atoms with van der Waals surface area (Å²) in [7, 11) is -3.51. The summed E-state index contributed by atoms with van der Waals surface area (Å²) in [5.41, 5.74) is 0.894. The number of aromatic nitrogens is 1. The zero-order chi connectivity index (χ0) is 19.7. The van der Waals surface area contributed by atoms with Crippen molar-refractivity contribution in [3.05, 3.63) is 59.3 Å². The Morgan fingerprint density at radius 2 is 2.04 bits per heavy atom. The number of hydrogen-bond donors (Lipinski definition) is 1. The third-order valence-corrected chi connectivity index (χ3v) is 5.78. The minimum atomic E-state index is -4.43. The SMILES string of the molecule is Cc1cccc(CS(=O)(=O)N[C@@H]2CCN(c3ccc(C(F)(F)F)cn3)C2)c1. The second-order valence-corrected chi connectivity index (χ2v) is 8.45. The lowest BCUT2D eigenvalue weighted by molar-refractivity contribution is -0.137. The Bertz CT molecular complexity index is 899. The highest BCUT2D eigenvalue weighted by atomic mass is 32.2. The molecule has 0 aliphatic carbocycles. The second kappa shape index (κ2) is 7.47. The van der Waals surface area contributed by atoms with Crippen molar-refractivity contribution in [3.63, 3.8) is 0 Å². The first-order chi connectivity index (χ1) is 12.6.